The van der Waals surface area contributed by atoms with Gasteiger partial charge >= 0.3 is 0 Å². The van der Waals surface area contributed by atoms with Crippen molar-refractivity contribution in [3.63, 3.8) is 0 Å². The first-order valence-electron chi connectivity index (χ1n) is 8.52. The molecule has 1 unspecified atom stereocenters. The van der Waals surface area contributed by atoms with Crippen LogP contribution in [-0.2, 0) is 4.74 Å². The lowest BCUT2D eigenvalue weighted by molar-refractivity contribution is -0.0790. The smallest absolute Gasteiger partial charge is 0.0834 e. The molecule has 1 atom stereocenters. The fourth-order valence-electron chi connectivity index (χ4n) is 3.51. The molecule has 0 saturated heterocycles. The second kappa shape index (κ2) is 8.97. The van der Waals surface area contributed by atoms with Crippen molar-refractivity contribution in [3.05, 3.63) is 0 Å². The van der Waals surface area contributed by atoms with Crippen LogP contribution >= 0.6 is 0 Å². The molecule has 1 N–H and O–H groups in total. The summed E-state index contributed by atoms with van der Waals surface area (Å²) >= 11 is 0. The van der Waals surface area contributed by atoms with Crippen LogP contribution in [0.2, 0.25) is 0 Å². The van der Waals surface area contributed by atoms with E-state index in [9.17, 15) is 0 Å². The van der Waals surface area contributed by atoms with Crippen molar-refractivity contribution >= 4 is 0 Å². The number of ether oxygens (including phenoxy) is 1. The van der Waals surface area contributed by atoms with Gasteiger partial charge in [0.2, 0.25) is 0 Å². The van der Waals surface area contributed by atoms with Gasteiger partial charge in [-0.15, -0.1) is 0 Å². The first-order chi connectivity index (χ1) is 9.14. The largest absolute Gasteiger partial charge is 0.374 e. The Morgan fingerprint density at radius 1 is 1.00 bits per heavy atom. The summed E-state index contributed by atoms with van der Waals surface area (Å²) < 4.78 is 6.33. The van der Waals surface area contributed by atoms with Crippen LogP contribution < -0.4 is 5.32 Å². The lowest BCUT2D eigenvalue weighted by Crippen LogP contribution is -2.52. The molecule has 0 aromatic carbocycles. The van der Waals surface area contributed by atoms with Crippen LogP contribution in [0.15, 0.2) is 0 Å². The third kappa shape index (κ3) is 5.43. The second-order valence-electron chi connectivity index (χ2n) is 6.49. The quantitative estimate of drug-likeness (QED) is 0.654. The summed E-state index contributed by atoms with van der Waals surface area (Å²) in [5.74, 6) is 0.783. The maximum Gasteiger partial charge on any atom is 0.0834 e. The summed E-state index contributed by atoms with van der Waals surface area (Å²) in [6.07, 6.45) is 10.5. The van der Waals surface area contributed by atoms with Gasteiger partial charge in [0, 0.05) is 12.6 Å². The molecule has 1 aliphatic carbocycles. The summed E-state index contributed by atoms with van der Waals surface area (Å²) in [5, 5.41) is 3.74. The third-order valence-electron chi connectivity index (χ3n) is 4.50. The van der Waals surface area contributed by atoms with E-state index >= 15 is 0 Å². The Labute approximate surface area is 120 Å². The Kier molecular flexibility index (Phi) is 8.01. The average molecular weight is 269 g/mol. The summed E-state index contributed by atoms with van der Waals surface area (Å²) in [5.41, 5.74) is 0.107. The Bertz CT molecular complexity index is 219. The minimum atomic E-state index is 0.107. The fraction of sp³-hybridized carbons (Fsp3) is 1.00. The molecule has 19 heavy (non-hydrogen) atoms. The normalized spacial score (nSPS) is 21.3. The summed E-state index contributed by atoms with van der Waals surface area (Å²) in [6, 6.07) is 0.540. The molecule has 0 heterocycles. The summed E-state index contributed by atoms with van der Waals surface area (Å²) in [7, 11) is 0. The highest BCUT2D eigenvalue weighted by atomic mass is 16.5. The Morgan fingerprint density at radius 3 is 2.11 bits per heavy atom. The van der Waals surface area contributed by atoms with Crippen LogP contribution in [-0.4, -0.2) is 24.8 Å². The number of rotatable bonds is 8. The monoisotopic (exact) mass is 269 g/mol. The van der Waals surface area contributed by atoms with E-state index in [-0.39, 0.29) is 5.60 Å². The lowest BCUT2D eigenvalue weighted by Gasteiger charge is -2.41. The molecule has 0 radical (unpaired) electrons. The van der Waals surface area contributed by atoms with E-state index in [2.05, 4.69) is 33.0 Å². The van der Waals surface area contributed by atoms with E-state index in [0.29, 0.717) is 6.04 Å². The standard InChI is InChI=1S/C17H35NO/c1-5-18-16(12-11-15(3)4)17(19-6-2)13-9-7-8-10-14-17/h15-16,18H,5-14H2,1-4H3. The van der Waals surface area contributed by atoms with Crippen LogP contribution in [0, 0.1) is 5.92 Å². The molecule has 0 spiro atoms. The van der Waals surface area contributed by atoms with Crippen molar-refractivity contribution in [1.29, 1.82) is 0 Å². The summed E-state index contributed by atoms with van der Waals surface area (Å²) in [6.45, 7) is 10.9. The molecule has 0 aromatic heterocycles. The van der Waals surface area contributed by atoms with Crippen LogP contribution in [0.1, 0.15) is 79.1 Å². The molecule has 2 nitrogen and oxygen atoms in total. The molecule has 1 aliphatic rings. The van der Waals surface area contributed by atoms with Crippen LogP contribution in [0.5, 0.6) is 0 Å². The van der Waals surface area contributed by atoms with Crippen LogP contribution in [0.3, 0.4) is 0 Å². The fourth-order valence-corrected chi connectivity index (χ4v) is 3.51. The molecule has 1 fully saturated rings. The number of hydrogen-bond acceptors (Lipinski definition) is 2. The van der Waals surface area contributed by atoms with Gasteiger partial charge in [-0.3, -0.25) is 0 Å². The van der Waals surface area contributed by atoms with E-state index in [4.69, 9.17) is 4.74 Å². The molecule has 1 rings (SSSR count). The zero-order chi connectivity index (χ0) is 14.1. The highest BCUT2D eigenvalue weighted by molar-refractivity contribution is 4.94. The molecular formula is C17H35NO. The van der Waals surface area contributed by atoms with E-state index in [1.165, 1.54) is 51.4 Å². The second-order valence-corrected chi connectivity index (χ2v) is 6.49. The van der Waals surface area contributed by atoms with Gasteiger partial charge < -0.3 is 10.1 Å². The zero-order valence-electron chi connectivity index (χ0n) is 13.6. The van der Waals surface area contributed by atoms with Gasteiger partial charge in [0.25, 0.3) is 0 Å². The molecule has 114 valence electrons. The third-order valence-corrected chi connectivity index (χ3v) is 4.50. The SMILES string of the molecule is CCNC(CCC(C)C)C1(OCC)CCCCCC1. The van der Waals surface area contributed by atoms with E-state index in [0.717, 1.165) is 19.1 Å². The molecule has 1 saturated carbocycles. The molecule has 2 heteroatoms. The zero-order valence-corrected chi connectivity index (χ0v) is 13.6. The minimum absolute atomic E-state index is 0.107. The molecule has 0 aromatic rings. The van der Waals surface area contributed by atoms with Crippen molar-refractivity contribution in [1.82, 2.24) is 5.32 Å². The van der Waals surface area contributed by atoms with E-state index in [1.807, 2.05) is 0 Å². The first-order valence-corrected chi connectivity index (χ1v) is 8.52. The van der Waals surface area contributed by atoms with Gasteiger partial charge in [-0.2, -0.15) is 0 Å². The van der Waals surface area contributed by atoms with Crippen molar-refractivity contribution < 1.29 is 4.74 Å². The van der Waals surface area contributed by atoms with Crippen molar-refractivity contribution in [2.75, 3.05) is 13.2 Å². The maximum atomic E-state index is 6.33. The van der Waals surface area contributed by atoms with Gasteiger partial charge in [-0.25, -0.2) is 0 Å². The van der Waals surface area contributed by atoms with Gasteiger partial charge in [-0.1, -0.05) is 46.5 Å². The molecular weight excluding hydrogens is 234 g/mol. The topological polar surface area (TPSA) is 21.3 Å². The molecule has 0 amide bonds. The Hall–Kier alpha value is -0.0800. The summed E-state index contributed by atoms with van der Waals surface area (Å²) in [4.78, 5) is 0. The minimum Gasteiger partial charge on any atom is -0.374 e. The number of nitrogens with one attached hydrogen (secondary N) is 1. The Morgan fingerprint density at radius 2 is 1.63 bits per heavy atom. The maximum absolute atomic E-state index is 6.33. The highest BCUT2D eigenvalue weighted by Crippen LogP contribution is 2.35. The van der Waals surface area contributed by atoms with Crippen molar-refractivity contribution in [2.24, 2.45) is 5.92 Å². The van der Waals surface area contributed by atoms with Crippen LogP contribution in [0.25, 0.3) is 0 Å². The predicted octanol–water partition coefficient (Wildman–Crippen LogP) is 4.53. The lowest BCUT2D eigenvalue weighted by atomic mass is 9.82. The van der Waals surface area contributed by atoms with Gasteiger partial charge in [0.05, 0.1) is 5.60 Å². The highest BCUT2D eigenvalue weighted by Gasteiger charge is 2.39. The number of likely N-dealkylation sites (N-methyl/N-ethyl adjacent to an activating group) is 1. The van der Waals surface area contributed by atoms with E-state index < -0.39 is 0 Å². The van der Waals surface area contributed by atoms with Crippen LogP contribution in [0.4, 0.5) is 0 Å². The number of hydrogen-bond donors (Lipinski definition) is 1. The predicted molar refractivity (Wildman–Crippen MR) is 83.6 cm³/mol. The van der Waals surface area contributed by atoms with Crippen molar-refractivity contribution in [3.8, 4) is 0 Å². The molecule has 0 bridgehead atoms. The van der Waals surface area contributed by atoms with Crippen molar-refractivity contribution in [2.45, 2.75) is 90.7 Å². The average Bonchev–Trinajstić information content (AvgIpc) is 2.61. The van der Waals surface area contributed by atoms with Gasteiger partial charge in [0.1, 0.15) is 0 Å². The first kappa shape index (κ1) is 17.0. The van der Waals surface area contributed by atoms with Gasteiger partial charge in [0.15, 0.2) is 0 Å². The van der Waals surface area contributed by atoms with Gasteiger partial charge in [-0.05, 0) is 45.1 Å². The Balaban J connectivity index is 2.75. The molecule has 0 aliphatic heterocycles. The van der Waals surface area contributed by atoms with E-state index in [1.54, 1.807) is 0 Å².